The second-order valence-corrected chi connectivity index (χ2v) is 5.38. The third-order valence-electron chi connectivity index (χ3n) is 3.40. The monoisotopic (exact) mass is 306 g/mol. The maximum Gasteiger partial charge on any atom is 0.303 e. The molecule has 22 heavy (non-hydrogen) atoms. The highest BCUT2D eigenvalue weighted by molar-refractivity contribution is 5.66. The van der Waals surface area contributed by atoms with Crippen molar-refractivity contribution in [2.75, 3.05) is 0 Å². The van der Waals surface area contributed by atoms with Gasteiger partial charge >= 0.3 is 5.97 Å². The third kappa shape index (κ3) is 6.87. The van der Waals surface area contributed by atoms with Gasteiger partial charge in [-0.25, -0.2) is 0 Å². The Morgan fingerprint density at radius 1 is 1.18 bits per heavy atom. The Hall–Kier alpha value is -1.65. The largest absolute Gasteiger partial charge is 0.453 e. The molecule has 0 saturated carbocycles. The minimum Gasteiger partial charge on any atom is -0.453 e. The van der Waals surface area contributed by atoms with Gasteiger partial charge in [0.25, 0.3) is 0 Å². The van der Waals surface area contributed by atoms with Crippen LogP contribution in [0.1, 0.15) is 51.2 Å². The van der Waals surface area contributed by atoms with Gasteiger partial charge in [-0.2, -0.15) is 0 Å². The van der Waals surface area contributed by atoms with Crippen molar-refractivity contribution in [2.45, 2.75) is 57.8 Å². The predicted octanol–water partition coefficient (Wildman–Crippen LogP) is 3.15. The Labute approximate surface area is 132 Å². The zero-order chi connectivity index (χ0) is 16.4. The van der Waals surface area contributed by atoms with E-state index in [2.05, 4.69) is 6.92 Å². The fourth-order valence-corrected chi connectivity index (χ4v) is 2.16. The van der Waals surface area contributed by atoms with Crippen molar-refractivity contribution in [3.63, 3.8) is 0 Å². The van der Waals surface area contributed by atoms with Crippen molar-refractivity contribution in [3.05, 3.63) is 48.0 Å². The molecule has 0 aromatic heterocycles. The van der Waals surface area contributed by atoms with Gasteiger partial charge in [-0.3, -0.25) is 4.79 Å². The number of carbonyl (C=O) groups excluding carboxylic acids is 1. The number of aliphatic hydroxyl groups excluding tert-OH is 2. The second-order valence-electron chi connectivity index (χ2n) is 5.38. The summed E-state index contributed by atoms with van der Waals surface area (Å²) in [5, 5.41) is 19.9. The predicted molar refractivity (Wildman–Crippen MR) is 86.2 cm³/mol. The van der Waals surface area contributed by atoms with Crippen LogP contribution in [0, 0.1) is 0 Å². The van der Waals surface area contributed by atoms with E-state index in [0.717, 1.165) is 24.8 Å². The number of benzene rings is 1. The van der Waals surface area contributed by atoms with E-state index in [0.29, 0.717) is 6.42 Å². The topological polar surface area (TPSA) is 66.8 Å². The molecule has 0 amide bonds. The second kappa shape index (κ2) is 10.1. The zero-order valence-corrected chi connectivity index (χ0v) is 13.3. The lowest BCUT2D eigenvalue weighted by atomic mass is 10.0. The van der Waals surface area contributed by atoms with Crippen molar-refractivity contribution >= 4 is 5.97 Å². The van der Waals surface area contributed by atoms with E-state index in [1.54, 1.807) is 6.08 Å². The van der Waals surface area contributed by atoms with Crippen molar-refractivity contribution < 1.29 is 19.7 Å². The van der Waals surface area contributed by atoms with E-state index in [9.17, 15) is 15.0 Å². The van der Waals surface area contributed by atoms with Crippen LogP contribution in [0.2, 0.25) is 0 Å². The van der Waals surface area contributed by atoms with E-state index in [1.165, 1.54) is 13.0 Å². The van der Waals surface area contributed by atoms with Crippen LogP contribution in [0.25, 0.3) is 0 Å². The molecule has 1 rings (SSSR count). The van der Waals surface area contributed by atoms with Crippen molar-refractivity contribution in [1.82, 2.24) is 0 Å². The van der Waals surface area contributed by atoms with Gasteiger partial charge in [-0.1, -0.05) is 62.6 Å². The van der Waals surface area contributed by atoms with Gasteiger partial charge in [0.05, 0.1) is 12.2 Å². The van der Waals surface area contributed by atoms with Crippen LogP contribution in [-0.2, 0) is 9.53 Å². The fraction of sp³-hybridized carbons (Fsp3) is 0.500. The van der Waals surface area contributed by atoms with Crippen LogP contribution in [0.3, 0.4) is 0 Å². The van der Waals surface area contributed by atoms with Crippen molar-refractivity contribution in [3.8, 4) is 0 Å². The van der Waals surface area contributed by atoms with Crippen LogP contribution >= 0.6 is 0 Å². The lowest BCUT2D eigenvalue weighted by molar-refractivity contribution is -0.144. The Balaban J connectivity index is 2.66. The SMILES string of the molecule is CCCCC[C@@H](O)[C@H](O)/C=C/[C@H](OC(C)=O)c1ccccc1. The molecule has 2 N–H and O–H groups in total. The van der Waals surface area contributed by atoms with Gasteiger partial charge in [0, 0.05) is 6.92 Å². The van der Waals surface area contributed by atoms with Gasteiger partial charge in [-0.15, -0.1) is 0 Å². The number of hydrogen-bond acceptors (Lipinski definition) is 4. The lowest BCUT2D eigenvalue weighted by Crippen LogP contribution is -2.23. The van der Waals surface area contributed by atoms with Gasteiger partial charge < -0.3 is 14.9 Å². The van der Waals surface area contributed by atoms with E-state index >= 15 is 0 Å². The van der Waals surface area contributed by atoms with Gasteiger partial charge in [0.15, 0.2) is 0 Å². The number of rotatable bonds is 9. The van der Waals surface area contributed by atoms with E-state index in [1.807, 2.05) is 30.3 Å². The normalized spacial score (nSPS) is 15.5. The molecule has 122 valence electrons. The maximum atomic E-state index is 11.2. The van der Waals surface area contributed by atoms with Gasteiger partial charge in [0.1, 0.15) is 6.10 Å². The van der Waals surface area contributed by atoms with Crippen LogP contribution in [-0.4, -0.2) is 28.4 Å². The summed E-state index contributed by atoms with van der Waals surface area (Å²) in [5.74, 6) is -0.392. The van der Waals surface area contributed by atoms with Crippen LogP contribution in [0.15, 0.2) is 42.5 Å². The standard InChI is InChI=1S/C18H26O4/c1-3-4-6-11-16(20)17(21)12-13-18(22-14(2)19)15-9-7-5-8-10-15/h5,7-10,12-13,16-18,20-21H,3-4,6,11H2,1-2H3/b13-12+/t16-,17-,18+/m1/s1. The highest BCUT2D eigenvalue weighted by Gasteiger charge is 2.15. The number of carbonyl (C=O) groups is 1. The quantitative estimate of drug-likeness (QED) is 0.418. The Morgan fingerprint density at radius 3 is 2.45 bits per heavy atom. The Kier molecular flexibility index (Phi) is 8.48. The number of ether oxygens (including phenoxy) is 1. The Bertz CT molecular complexity index is 455. The molecule has 0 aliphatic carbocycles. The molecule has 1 aromatic rings. The first-order valence-electron chi connectivity index (χ1n) is 7.81. The molecule has 0 heterocycles. The lowest BCUT2D eigenvalue weighted by Gasteiger charge is -2.17. The third-order valence-corrected chi connectivity index (χ3v) is 3.40. The number of hydrogen-bond donors (Lipinski definition) is 2. The van der Waals surface area contributed by atoms with Gasteiger partial charge in [0.2, 0.25) is 0 Å². The zero-order valence-electron chi connectivity index (χ0n) is 13.3. The van der Waals surface area contributed by atoms with E-state index < -0.39 is 24.3 Å². The van der Waals surface area contributed by atoms with Crippen LogP contribution in [0.5, 0.6) is 0 Å². The molecule has 3 atom stereocenters. The van der Waals surface area contributed by atoms with Gasteiger partial charge in [-0.05, 0) is 18.1 Å². The molecular formula is C18H26O4. The molecule has 0 bridgehead atoms. The molecule has 0 aliphatic rings. The minimum atomic E-state index is -0.960. The first kappa shape index (κ1) is 18.4. The van der Waals surface area contributed by atoms with Crippen molar-refractivity contribution in [2.24, 2.45) is 0 Å². The van der Waals surface area contributed by atoms with Crippen LogP contribution < -0.4 is 0 Å². The summed E-state index contributed by atoms with van der Waals surface area (Å²) in [6.07, 6.45) is 4.35. The molecule has 4 heteroatoms. The first-order chi connectivity index (χ1) is 10.5. The van der Waals surface area contributed by atoms with Crippen LogP contribution in [0.4, 0.5) is 0 Å². The molecule has 0 fully saturated rings. The molecule has 1 aromatic carbocycles. The molecule has 0 radical (unpaired) electrons. The summed E-state index contributed by atoms with van der Waals surface area (Å²) < 4.78 is 5.25. The summed E-state index contributed by atoms with van der Waals surface area (Å²) in [7, 11) is 0. The van der Waals surface area contributed by atoms with E-state index in [-0.39, 0.29) is 0 Å². The molecule has 0 spiro atoms. The first-order valence-corrected chi connectivity index (χ1v) is 7.81. The summed E-state index contributed by atoms with van der Waals surface area (Å²) in [5.41, 5.74) is 0.821. The van der Waals surface area contributed by atoms with Crippen molar-refractivity contribution in [1.29, 1.82) is 0 Å². The minimum absolute atomic E-state index is 0.392. The average molecular weight is 306 g/mol. The fourth-order valence-electron chi connectivity index (χ4n) is 2.16. The highest BCUT2D eigenvalue weighted by Crippen LogP contribution is 2.20. The maximum absolute atomic E-state index is 11.2. The highest BCUT2D eigenvalue weighted by atomic mass is 16.5. The summed E-state index contributed by atoms with van der Waals surface area (Å²) in [6, 6.07) is 9.29. The number of esters is 1. The number of unbranched alkanes of at least 4 members (excludes halogenated alkanes) is 2. The Morgan fingerprint density at radius 2 is 1.86 bits per heavy atom. The summed E-state index contributed by atoms with van der Waals surface area (Å²) >= 11 is 0. The average Bonchev–Trinajstić information content (AvgIpc) is 2.51. The summed E-state index contributed by atoms with van der Waals surface area (Å²) in [6.45, 7) is 3.44. The molecule has 4 nitrogen and oxygen atoms in total. The summed E-state index contributed by atoms with van der Waals surface area (Å²) in [4.78, 5) is 11.2. The number of aliphatic hydroxyl groups is 2. The molecule has 0 unspecified atom stereocenters. The molecule has 0 aliphatic heterocycles. The molecular weight excluding hydrogens is 280 g/mol. The smallest absolute Gasteiger partial charge is 0.303 e. The molecule has 0 saturated heterocycles. The van der Waals surface area contributed by atoms with E-state index in [4.69, 9.17) is 4.74 Å².